The summed E-state index contributed by atoms with van der Waals surface area (Å²) in [4.78, 5) is 11.3. The average Bonchev–Trinajstić information content (AvgIpc) is 2.67. The van der Waals surface area contributed by atoms with Gasteiger partial charge in [-0.1, -0.05) is 6.08 Å². The third-order valence-electron chi connectivity index (χ3n) is 2.27. The molecule has 1 aromatic heterocycles. The van der Waals surface area contributed by atoms with Crippen molar-refractivity contribution < 1.29 is 9.90 Å². The van der Waals surface area contributed by atoms with E-state index in [0.29, 0.717) is 4.88 Å². The smallest absolute Gasteiger partial charge is 0.346 e. The molecule has 14 heavy (non-hydrogen) atoms. The molecule has 0 atom stereocenters. The SMILES string of the molecule is O=C(O)c1sccc1C1=CCNCC1. The van der Waals surface area contributed by atoms with Crippen molar-refractivity contribution in [1.29, 1.82) is 0 Å². The van der Waals surface area contributed by atoms with Gasteiger partial charge in [-0.05, 0) is 30.0 Å². The van der Waals surface area contributed by atoms with Crippen molar-refractivity contribution in [1.82, 2.24) is 5.32 Å². The van der Waals surface area contributed by atoms with Gasteiger partial charge in [0, 0.05) is 12.1 Å². The highest BCUT2D eigenvalue weighted by Crippen LogP contribution is 2.27. The first-order chi connectivity index (χ1) is 6.79. The molecule has 2 rings (SSSR count). The number of rotatable bonds is 2. The van der Waals surface area contributed by atoms with Crippen LogP contribution in [0, 0.1) is 0 Å². The summed E-state index contributed by atoms with van der Waals surface area (Å²) >= 11 is 1.29. The summed E-state index contributed by atoms with van der Waals surface area (Å²) in [6, 6.07) is 1.89. The Kier molecular flexibility index (Phi) is 2.65. The van der Waals surface area contributed by atoms with Gasteiger partial charge in [0.15, 0.2) is 0 Å². The van der Waals surface area contributed by atoms with Gasteiger partial charge in [-0.25, -0.2) is 4.79 Å². The minimum Gasteiger partial charge on any atom is -0.477 e. The zero-order chi connectivity index (χ0) is 9.97. The second-order valence-corrected chi connectivity index (χ2v) is 4.07. The largest absolute Gasteiger partial charge is 0.477 e. The highest BCUT2D eigenvalue weighted by atomic mass is 32.1. The Morgan fingerprint density at radius 1 is 1.57 bits per heavy atom. The van der Waals surface area contributed by atoms with Crippen molar-refractivity contribution in [3.63, 3.8) is 0 Å². The first-order valence-corrected chi connectivity index (χ1v) is 5.38. The van der Waals surface area contributed by atoms with Crippen molar-refractivity contribution in [3.05, 3.63) is 28.0 Å². The van der Waals surface area contributed by atoms with Crippen molar-refractivity contribution >= 4 is 22.9 Å². The maximum absolute atomic E-state index is 10.9. The van der Waals surface area contributed by atoms with Crippen LogP contribution in [0.4, 0.5) is 0 Å². The van der Waals surface area contributed by atoms with Crippen LogP contribution in [0.1, 0.15) is 21.7 Å². The quantitative estimate of drug-likeness (QED) is 0.781. The van der Waals surface area contributed by atoms with E-state index in [2.05, 4.69) is 11.4 Å². The molecule has 0 radical (unpaired) electrons. The monoisotopic (exact) mass is 209 g/mol. The van der Waals surface area contributed by atoms with Gasteiger partial charge in [-0.3, -0.25) is 0 Å². The van der Waals surface area contributed by atoms with Crippen LogP contribution in [-0.2, 0) is 0 Å². The Labute approximate surface area is 86.1 Å². The van der Waals surface area contributed by atoms with E-state index in [9.17, 15) is 4.79 Å². The number of hydrogen-bond acceptors (Lipinski definition) is 3. The predicted molar refractivity (Wildman–Crippen MR) is 56.7 cm³/mol. The van der Waals surface area contributed by atoms with Crippen molar-refractivity contribution in [3.8, 4) is 0 Å². The molecule has 0 aromatic carbocycles. The molecule has 2 heterocycles. The van der Waals surface area contributed by atoms with Crippen LogP contribution in [0.5, 0.6) is 0 Å². The fourth-order valence-electron chi connectivity index (χ4n) is 1.59. The number of carboxylic acid groups (broad SMARTS) is 1. The van der Waals surface area contributed by atoms with E-state index in [1.165, 1.54) is 11.3 Å². The summed E-state index contributed by atoms with van der Waals surface area (Å²) in [6.07, 6.45) is 2.98. The number of hydrogen-bond donors (Lipinski definition) is 2. The Balaban J connectivity index is 2.35. The van der Waals surface area contributed by atoms with E-state index in [0.717, 1.165) is 30.6 Å². The molecule has 0 saturated heterocycles. The van der Waals surface area contributed by atoms with Crippen LogP contribution in [-0.4, -0.2) is 24.2 Å². The number of aromatic carboxylic acids is 1. The third kappa shape index (κ3) is 1.71. The van der Waals surface area contributed by atoms with E-state index < -0.39 is 5.97 Å². The fraction of sp³-hybridized carbons (Fsp3) is 0.300. The first kappa shape index (κ1) is 9.43. The summed E-state index contributed by atoms with van der Waals surface area (Å²) in [5.41, 5.74) is 2.05. The van der Waals surface area contributed by atoms with Crippen LogP contribution in [0.3, 0.4) is 0 Å². The molecule has 4 heteroatoms. The van der Waals surface area contributed by atoms with Gasteiger partial charge in [0.2, 0.25) is 0 Å². The second kappa shape index (κ2) is 3.94. The highest BCUT2D eigenvalue weighted by molar-refractivity contribution is 7.12. The lowest BCUT2D eigenvalue weighted by molar-refractivity contribution is 0.0702. The molecular weight excluding hydrogens is 198 g/mol. The molecule has 0 saturated carbocycles. The van der Waals surface area contributed by atoms with E-state index in [4.69, 9.17) is 5.11 Å². The number of carbonyl (C=O) groups is 1. The lowest BCUT2D eigenvalue weighted by Crippen LogP contribution is -2.20. The zero-order valence-electron chi connectivity index (χ0n) is 7.62. The molecule has 0 spiro atoms. The number of carboxylic acids is 1. The van der Waals surface area contributed by atoms with Crippen molar-refractivity contribution in [2.45, 2.75) is 6.42 Å². The summed E-state index contributed by atoms with van der Waals surface area (Å²) in [6.45, 7) is 1.77. The first-order valence-electron chi connectivity index (χ1n) is 4.50. The van der Waals surface area contributed by atoms with Crippen LogP contribution in [0.15, 0.2) is 17.5 Å². The molecule has 1 aliphatic rings. The summed E-state index contributed by atoms with van der Waals surface area (Å²) in [5, 5.41) is 14.0. The Bertz CT molecular complexity index is 381. The molecule has 3 nitrogen and oxygen atoms in total. The average molecular weight is 209 g/mol. The normalized spacial score (nSPS) is 16.4. The molecule has 0 fully saturated rings. The van der Waals surface area contributed by atoms with Crippen molar-refractivity contribution in [2.24, 2.45) is 0 Å². The van der Waals surface area contributed by atoms with Gasteiger partial charge in [-0.2, -0.15) is 0 Å². The van der Waals surface area contributed by atoms with Crippen LogP contribution in [0.2, 0.25) is 0 Å². The number of thiophene rings is 1. The molecule has 0 bridgehead atoms. The van der Waals surface area contributed by atoms with Crippen LogP contribution < -0.4 is 5.32 Å². The van der Waals surface area contributed by atoms with Gasteiger partial charge in [-0.15, -0.1) is 11.3 Å². The molecule has 0 amide bonds. The Morgan fingerprint density at radius 2 is 2.43 bits per heavy atom. The molecule has 2 N–H and O–H groups in total. The van der Waals surface area contributed by atoms with Crippen LogP contribution >= 0.6 is 11.3 Å². The van der Waals surface area contributed by atoms with Gasteiger partial charge < -0.3 is 10.4 Å². The molecule has 74 valence electrons. The van der Waals surface area contributed by atoms with Gasteiger partial charge in [0.05, 0.1) is 0 Å². The zero-order valence-corrected chi connectivity index (χ0v) is 8.43. The van der Waals surface area contributed by atoms with Gasteiger partial charge in [0.1, 0.15) is 4.88 Å². The second-order valence-electron chi connectivity index (χ2n) is 3.15. The summed E-state index contributed by atoms with van der Waals surface area (Å²) in [5.74, 6) is -0.825. The summed E-state index contributed by atoms with van der Waals surface area (Å²) in [7, 11) is 0. The lowest BCUT2D eigenvalue weighted by atomic mass is 10.0. The Hall–Kier alpha value is -1.13. The maximum atomic E-state index is 10.9. The number of nitrogens with one attached hydrogen (secondary N) is 1. The lowest BCUT2D eigenvalue weighted by Gasteiger charge is -2.13. The molecular formula is C10H11NO2S. The predicted octanol–water partition coefficient (Wildman–Crippen LogP) is 1.82. The Morgan fingerprint density at radius 3 is 3.07 bits per heavy atom. The van der Waals surface area contributed by atoms with E-state index in [1.54, 1.807) is 0 Å². The highest BCUT2D eigenvalue weighted by Gasteiger charge is 2.15. The van der Waals surface area contributed by atoms with E-state index in [-0.39, 0.29) is 0 Å². The molecule has 1 aliphatic heterocycles. The fourth-order valence-corrected chi connectivity index (χ4v) is 2.36. The molecule has 0 unspecified atom stereocenters. The topological polar surface area (TPSA) is 49.3 Å². The molecule has 1 aromatic rings. The minimum absolute atomic E-state index is 0.457. The van der Waals surface area contributed by atoms with Crippen LogP contribution in [0.25, 0.3) is 5.57 Å². The van der Waals surface area contributed by atoms with E-state index >= 15 is 0 Å². The standard InChI is InChI=1S/C10H11NO2S/c12-10(13)9-8(3-6-14-9)7-1-4-11-5-2-7/h1,3,6,11H,2,4-5H2,(H,12,13). The minimum atomic E-state index is -0.825. The maximum Gasteiger partial charge on any atom is 0.346 e. The third-order valence-corrected chi connectivity index (χ3v) is 3.17. The molecule has 0 aliphatic carbocycles. The van der Waals surface area contributed by atoms with E-state index in [1.807, 2.05) is 11.4 Å². The van der Waals surface area contributed by atoms with Gasteiger partial charge >= 0.3 is 5.97 Å². The van der Waals surface area contributed by atoms with Crippen molar-refractivity contribution in [2.75, 3.05) is 13.1 Å². The van der Waals surface area contributed by atoms with Gasteiger partial charge in [0.25, 0.3) is 0 Å². The summed E-state index contributed by atoms with van der Waals surface area (Å²) < 4.78 is 0.